The van der Waals surface area contributed by atoms with E-state index < -0.39 is 40.1 Å². The predicted octanol–water partition coefficient (Wildman–Crippen LogP) is 3.39. The zero-order valence-corrected chi connectivity index (χ0v) is 16.2. The fraction of sp³-hybridized carbons (Fsp3) is 0.389. The number of nitrogens with one attached hydrogen (secondary N) is 2. The van der Waals surface area contributed by atoms with Gasteiger partial charge >= 0.3 is 6.18 Å². The molecule has 0 spiro atoms. The minimum atomic E-state index is -4.95. The third-order valence-corrected chi connectivity index (χ3v) is 4.32. The van der Waals surface area contributed by atoms with Crippen molar-refractivity contribution in [3.8, 4) is 5.69 Å². The van der Waals surface area contributed by atoms with Gasteiger partial charge in [0.15, 0.2) is 5.69 Å². The Balaban J connectivity index is 2.25. The van der Waals surface area contributed by atoms with Crippen LogP contribution in [0, 0.1) is 16.0 Å². The lowest BCUT2D eigenvalue weighted by Crippen LogP contribution is -2.44. The van der Waals surface area contributed by atoms with Crippen molar-refractivity contribution in [1.82, 2.24) is 20.6 Å². The number of non-ortho nitro benzene ring substituents is 1. The Morgan fingerprint density at radius 3 is 2.40 bits per heavy atom. The van der Waals surface area contributed by atoms with E-state index in [4.69, 9.17) is 0 Å². The first-order chi connectivity index (χ1) is 14.1. The zero-order valence-electron chi connectivity index (χ0n) is 16.2. The Bertz CT molecular complexity index is 925. The molecule has 1 aromatic carbocycles. The monoisotopic (exact) mass is 427 g/mol. The number of rotatable bonds is 7. The van der Waals surface area contributed by atoms with Crippen molar-refractivity contribution in [2.75, 3.05) is 0 Å². The molecule has 12 heteroatoms. The number of unbranched alkanes of at least 4 members (excludes halogenated alkanes) is 1. The lowest BCUT2D eigenvalue weighted by atomic mass is 10.0. The van der Waals surface area contributed by atoms with Crippen LogP contribution in [-0.2, 0) is 11.0 Å². The van der Waals surface area contributed by atoms with E-state index in [1.54, 1.807) is 6.92 Å². The number of nitro benzene ring substituents is 1. The molecule has 0 aliphatic heterocycles. The van der Waals surface area contributed by atoms with Crippen LogP contribution in [0.5, 0.6) is 0 Å². The summed E-state index contributed by atoms with van der Waals surface area (Å²) in [5.74, 6) is -2.13. The number of hydrazine groups is 1. The summed E-state index contributed by atoms with van der Waals surface area (Å²) in [4.78, 5) is 34.3. The molecule has 0 saturated carbocycles. The van der Waals surface area contributed by atoms with Crippen LogP contribution in [0.2, 0.25) is 0 Å². The molecule has 1 atom stereocenters. The van der Waals surface area contributed by atoms with Crippen LogP contribution in [0.1, 0.15) is 49.2 Å². The molecule has 2 amide bonds. The normalized spacial score (nSPS) is 12.3. The summed E-state index contributed by atoms with van der Waals surface area (Å²) in [5, 5.41) is 14.3. The second-order valence-corrected chi connectivity index (χ2v) is 6.58. The quantitative estimate of drug-likeness (QED) is 0.519. The molecule has 0 bridgehead atoms. The molecule has 0 saturated heterocycles. The number of nitrogens with zero attached hydrogens (tertiary/aromatic N) is 3. The van der Waals surface area contributed by atoms with Gasteiger partial charge in [0, 0.05) is 18.1 Å². The molecular weight excluding hydrogens is 407 g/mol. The van der Waals surface area contributed by atoms with Crippen LogP contribution >= 0.6 is 0 Å². The fourth-order valence-electron chi connectivity index (χ4n) is 2.65. The zero-order chi connectivity index (χ0) is 22.5. The van der Waals surface area contributed by atoms with Crippen LogP contribution in [0.4, 0.5) is 18.9 Å². The van der Waals surface area contributed by atoms with E-state index in [0.717, 1.165) is 37.1 Å². The largest absolute Gasteiger partial charge is 0.434 e. The van der Waals surface area contributed by atoms with E-state index >= 15 is 0 Å². The van der Waals surface area contributed by atoms with Crippen molar-refractivity contribution in [2.45, 2.75) is 39.3 Å². The van der Waals surface area contributed by atoms with Gasteiger partial charge in [-0.3, -0.25) is 30.6 Å². The summed E-state index contributed by atoms with van der Waals surface area (Å²) >= 11 is 0. The van der Waals surface area contributed by atoms with Gasteiger partial charge in [0.25, 0.3) is 11.6 Å². The number of amides is 2. The van der Waals surface area contributed by atoms with Crippen molar-refractivity contribution >= 4 is 17.5 Å². The Hall–Kier alpha value is -3.44. The smallest absolute Gasteiger partial charge is 0.273 e. The van der Waals surface area contributed by atoms with Gasteiger partial charge < -0.3 is 0 Å². The molecule has 0 fully saturated rings. The molecule has 1 heterocycles. The number of halogens is 3. The van der Waals surface area contributed by atoms with Crippen molar-refractivity contribution < 1.29 is 27.7 Å². The summed E-state index contributed by atoms with van der Waals surface area (Å²) in [5.41, 5.74) is 1.49. The molecule has 2 N–H and O–H groups in total. The molecule has 0 radical (unpaired) electrons. The maximum Gasteiger partial charge on any atom is 0.434 e. The highest BCUT2D eigenvalue weighted by atomic mass is 19.4. The van der Waals surface area contributed by atoms with E-state index in [0.29, 0.717) is 17.3 Å². The third kappa shape index (κ3) is 5.33. The highest BCUT2D eigenvalue weighted by Gasteiger charge is 2.40. The van der Waals surface area contributed by atoms with E-state index in [-0.39, 0.29) is 11.4 Å². The number of nitro groups is 1. The van der Waals surface area contributed by atoms with Crippen LogP contribution in [0.15, 0.2) is 30.5 Å². The molecular formula is C18H20F3N5O4. The van der Waals surface area contributed by atoms with Gasteiger partial charge in [0.2, 0.25) is 5.91 Å². The number of hydrogen-bond acceptors (Lipinski definition) is 5. The van der Waals surface area contributed by atoms with Crippen molar-refractivity contribution in [3.63, 3.8) is 0 Å². The van der Waals surface area contributed by atoms with E-state index in [9.17, 15) is 32.9 Å². The van der Waals surface area contributed by atoms with Crippen LogP contribution in [0.25, 0.3) is 5.69 Å². The van der Waals surface area contributed by atoms with Gasteiger partial charge in [-0.2, -0.15) is 18.3 Å². The number of alkyl halides is 3. The van der Waals surface area contributed by atoms with Crippen LogP contribution in [-0.4, -0.2) is 26.5 Å². The first-order valence-corrected chi connectivity index (χ1v) is 9.06. The number of carbonyl (C=O) groups is 2. The van der Waals surface area contributed by atoms with Gasteiger partial charge in [0.05, 0.1) is 22.4 Å². The van der Waals surface area contributed by atoms with Crippen molar-refractivity contribution in [2.24, 2.45) is 5.92 Å². The van der Waals surface area contributed by atoms with E-state index in [2.05, 4.69) is 10.5 Å². The Labute approximate surface area is 169 Å². The van der Waals surface area contributed by atoms with E-state index in [1.165, 1.54) is 0 Å². The first kappa shape index (κ1) is 22.8. The van der Waals surface area contributed by atoms with Gasteiger partial charge in [-0.25, -0.2) is 4.68 Å². The Morgan fingerprint density at radius 1 is 1.23 bits per heavy atom. The topological polar surface area (TPSA) is 119 Å². The standard InChI is InChI=1S/C18H20F3N5O4/c1-3-4-5-11(2)16(27)23-24-17(28)14-10-22-25(15(14)18(19,20)21)12-6-8-13(9-7-12)26(29)30/h6-11H,3-5H2,1-2H3,(H,23,27)(H,24,28). The molecule has 0 aliphatic rings. The highest BCUT2D eigenvalue weighted by Crippen LogP contribution is 2.33. The van der Waals surface area contributed by atoms with Gasteiger partial charge in [0.1, 0.15) is 0 Å². The highest BCUT2D eigenvalue weighted by molar-refractivity contribution is 5.96. The molecule has 162 valence electrons. The predicted molar refractivity (Wildman–Crippen MR) is 99.5 cm³/mol. The van der Waals surface area contributed by atoms with Gasteiger partial charge in [-0.1, -0.05) is 26.7 Å². The fourth-order valence-corrected chi connectivity index (χ4v) is 2.65. The number of aromatic nitrogens is 2. The summed E-state index contributed by atoms with van der Waals surface area (Å²) in [6.07, 6.45) is -2.00. The van der Waals surface area contributed by atoms with Gasteiger partial charge in [-0.05, 0) is 18.6 Å². The van der Waals surface area contributed by atoms with Crippen LogP contribution in [0.3, 0.4) is 0 Å². The average molecular weight is 427 g/mol. The molecule has 0 aliphatic carbocycles. The third-order valence-electron chi connectivity index (χ3n) is 4.32. The summed E-state index contributed by atoms with van der Waals surface area (Å²) in [6.45, 7) is 3.60. The van der Waals surface area contributed by atoms with E-state index in [1.807, 2.05) is 12.3 Å². The Kier molecular flexibility index (Phi) is 7.14. The lowest BCUT2D eigenvalue weighted by molar-refractivity contribution is -0.384. The number of carbonyl (C=O) groups excluding carboxylic acids is 2. The SMILES string of the molecule is CCCCC(C)C(=O)NNC(=O)c1cnn(-c2ccc([N+](=O)[O-])cc2)c1C(F)(F)F. The molecule has 30 heavy (non-hydrogen) atoms. The number of benzene rings is 1. The molecule has 1 aromatic heterocycles. The van der Waals surface area contributed by atoms with Crippen molar-refractivity contribution in [3.05, 3.63) is 51.8 Å². The summed E-state index contributed by atoms with van der Waals surface area (Å²) in [6, 6.07) is 4.21. The molecule has 2 rings (SSSR count). The average Bonchev–Trinajstić information content (AvgIpc) is 3.15. The minimum absolute atomic E-state index is 0.121. The maximum atomic E-state index is 13.6. The lowest BCUT2D eigenvalue weighted by Gasteiger charge is -2.14. The second kappa shape index (κ2) is 9.37. The summed E-state index contributed by atoms with van der Waals surface area (Å²) in [7, 11) is 0. The Morgan fingerprint density at radius 2 is 1.87 bits per heavy atom. The molecule has 9 nitrogen and oxygen atoms in total. The van der Waals surface area contributed by atoms with Gasteiger partial charge in [-0.15, -0.1) is 0 Å². The first-order valence-electron chi connectivity index (χ1n) is 9.06. The molecule has 1 unspecified atom stereocenters. The van der Waals surface area contributed by atoms with Crippen LogP contribution < -0.4 is 10.9 Å². The number of hydrogen-bond donors (Lipinski definition) is 2. The maximum absolute atomic E-state index is 13.6. The minimum Gasteiger partial charge on any atom is -0.273 e. The van der Waals surface area contributed by atoms with Crippen molar-refractivity contribution in [1.29, 1.82) is 0 Å². The molecule has 2 aromatic rings. The second-order valence-electron chi connectivity index (χ2n) is 6.58. The summed E-state index contributed by atoms with van der Waals surface area (Å²) < 4.78 is 41.3.